The highest BCUT2D eigenvalue weighted by molar-refractivity contribution is 7.17. The number of carbonyl (C=O) groups is 3. The van der Waals surface area contributed by atoms with Gasteiger partial charge in [-0.25, -0.2) is 14.6 Å². The maximum atomic E-state index is 12.5. The van der Waals surface area contributed by atoms with Crippen LogP contribution in [0.4, 0.5) is 16.2 Å². The van der Waals surface area contributed by atoms with Crippen LogP contribution < -0.4 is 16.0 Å². The van der Waals surface area contributed by atoms with E-state index in [2.05, 4.69) is 20.9 Å². The molecule has 1 heterocycles. The van der Waals surface area contributed by atoms with Crippen molar-refractivity contribution in [3.05, 3.63) is 64.8 Å². The Balaban J connectivity index is 1.62. The Morgan fingerprint density at radius 3 is 2.36 bits per heavy atom. The molecule has 172 valence electrons. The predicted molar refractivity (Wildman–Crippen MR) is 130 cm³/mol. The molecule has 0 radical (unpaired) electrons. The Kier molecular flexibility index (Phi) is 8.02. The van der Waals surface area contributed by atoms with Gasteiger partial charge in [-0.3, -0.25) is 4.79 Å². The maximum absolute atomic E-state index is 12.5. The number of nitrogens with one attached hydrogen (secondary N) is 3. The van der Waals surface area contributed by atoms with Gasteiger partial charge in [0.05, 0.1) is 12.0 Å². The summed E-state index contributed by atoms with van der Waals surface area (Å²) < 4.78 is 4.75. The van der Waals surface area contributed by atoms with E-state index in [-0.39, 0.29) is 10.9 Å². The number of hydrogen-bond acceptors (Lipinski definition) is 6. The highest BCUT2D eigenvalue weighted by atomic mass is 35.5. The van der Waals surface area contributed by atoms with E-state index in [1.54, 1.807) is 42.6 Å². The summed E-state index contributed by atoms with van der Waals surface area (Å²) in [6.45, 7) is 3.64. The number of rotatable bonds is 7. The summed E-state index contributed by atoms with van der Waals surface area (Å²) in [7, 11) is 1.28. The van der Waals surface area contributed by atoms with E-state index in [1.165, 1.54) is 18.4 Å². The number of halogens is 1. The van der Waals surface area contributed by atoms with Gasteiger partial charge >= 0.3 is 12.0 Å². The summed E-state index contributed by atoms with van der Waals surface area (Å²) in [6.07, 6.45) is 1.59. The number of carbonyl (C=O) groups excluding carboxylic acids is 3. The molecule has 1 atom stereocenters. The number of ether oxygens (including phenoxy) is 1. The molecule has 0 saturated carbocycles. The van der Waals surface area contributed by atoms with Gasteiger partial charge in [-0.2, -0.15) is 0 Å². The van der Waals surface area contributed by atoms with Gasteiger partial charge in [-0.05, 0) is 41.8 Å². The van der Waals surface area contributed by atoms with Gasteiger partial charge in [0, 0.05) is 22.6 Å². The van der Waals surface area contributed by atoms with E-state index in [1.807, 2.05) is 26.0 Å². The Morgan fingerprint density at radius 2 is 1.73 bits per heavy atom. The van der Waals surface area contributed by atoms with Gasteiger partial charge < -0.3 is 20.7 Å². The zero-order valence-corrected chi connectivity index (χ0v) is 19.8. The van der Waals surface area contributed by atoms with Crippen LogP contribution in [0.2, 0.25) is 5.02 Å². The quantitative estimate of drug-likeness (QED) is 0.405. The van der Waals surface area contributed by atoms with E-state index < -0.39 is 23.9 Å². The van der Waals surface area contributed by atoms with Crippen molar-refractivity contribution in [2.45, 2.75) is 19.9 Å². The van der Waals surface area contributed by atoms with Crippen LogP contribution in [0, 0.1) is 5.92 Å². The zero-order valence-electron chi connectivity index (χ0n) is 18.2. The van der Waals surface area contributed by atoms with Gasteiger partial charge in [0.1, 0.15) is 6.04 Å². The second kappa shape index (κ2) is 10.9. The van der Waals surface area contributed by atoms with Crippen LogP contribution in [-0.4, -0.2) is 36.0 Å². The van der Waals surface area contributed by atoms with E-state index in [0.29, 0.717) is 16.4 Å². The van der Waals surface area contributed by atoms with Gasteiger partial charge in [-0.15, -0.1) is 11.3 Å². The summed E-state index contributed by atoms with van der Waals surface area (Å²) in [5.74, 6) is -1.07. The number of methoxy groups -OCH3 is 1. The first-order valence-corrected chi connectivity index (χ1v) is 11.2. The first-order valence-electron chi connectivity index (χ1n) is 10.1. The third-order valence-corrected chi connectivity index (χ3v) is 5.90. The average Bonchev–Trinajstić information content (AvgIpc) is 3.27. The summed E-state index contributed by atoms with van der Waals surface area (Å²) in [4.78, 5) is 41.5. The van der Waals surface area contributed by atoms with Gasteiger partial charge in [-0.1, -0.05) is 43.6 Å². The Labute approximate surface area is 200 Å². The van der Waals surface area contributed by atoms with Crippen LogP contribution in [0.25, 0.3) is 10.4 Å². The first kappa shape index (κ1) is 24.2. The number of nitrogens with zero attached hydrogens (tertiary/aromatic N) is 1. The van der Waals surface area contributed by atoms with Crippen LogP contribution in [0.15, 0.2) is 54.7 Å². The number of hydrogen-bond donors (Lipinski definition) is 3. The van der Waals surface area contributed by atoms with E-state index in [0.717, 1.165) is 10.4 Å². The zero-order chi connectivity index (χ0) is 24.0. The minimum Gasteiger partial charge on any atom is -0.467 e. The molecule has 0 fully saturated rings. The second-order valence-electron chi connectivity index (χ2n) is 7.41. The smallest absolute Gasteiger partial charge is 0.328 e. The standard InChI is InChI=1S/C23H23ClN4O4S/c1-13(2)19(22(30)32-3)28-20(29)21-25-12-18(33-21)14-7-9-16(10-8-14)26-23(31)27-17-6-4-5-15(24)11-17/h4-13,19H,1-3H3,(H,28,29)(H2,26,27,31). The molecule has 3 aromatic rings. The first-order chi connectivity index (χ1) is 15.8. The molecular weight excluding hydrogens is 464 g/mol. The molecule has 33 heavy (non-hydrogen) atoms. The fourth-order valence-corrected chi connectivity index (χ4v) is 3.93. The number of anilines is 2. The third kappa shape index (κ3) is 6.53. The van der Waals surface area contributed by atoms with Crippen LogP contribution in [-0.2, 0) is 9.53 Å². The van der Waals surface area contributed by atoms with Crippen molar-refractivity contribution < 1.29 is 19.1 Å². The van der Waals surface area contributed by atoms with Crippen molar-refractivity contribution in [1.29, 1.82) is 0 Å². The predicted octanol–water partition coefficient (Wildman–Crippen LogP) is 5.03. The van der Waals surface area contributed by atoms with Crippen molar-refractivity contribution >= 4 is 52.2 Å². The van der Waals surface area contributed by atoms with E-state index in [9.17, 15) is 14.4 Å². The second-order valence-corrected chi connectivity index (χ2v) is 8.88. The minimum atomic E-state index is -0.752. The SMILES string of the molecule is COC(=O)C(NC(=O)c1ncc(-c2ccc(NC(=O)Nc3cccc(Cl)c3)cc2)s1)C(C)C. The Morgan fingerprint density at radius 1 is 1.03 bits per heavy atom. The Hall–Kier alpha value is -3.43. The lowest BCUT2D eigenvalue weighted by Gasteiger charge is -2.18. The normalized spacial score (nSPS) is 11.5. The number of aromatic nitrogens is 1. The number of thiazole rings is 1. The number of esters is 1. The van der Waals surface area contributed by atoms with Crippen molar-refractivity contribution in [1.82, 2.24) is 10.3 Å². The minimum absolute atomic E-state index is 0.128. The van der Waals surface area contributed by atoms with Crippen molar-refractivity contribution in [2.24, 2.45) is 5.92 Å². The molecule has 0 spiro atoms. The summed E-state index contributed by atoms with van der Waals surface area (Å²) >= 11 is 7.13. The molecule has 0 aliphatic carbocycles. The molecule has 1 aromatic heterocycles. The number of benzene rings is 2. The maximum Gasteiger partial charge on any atom is 0.328 e. The van der Waals surface area contributed by atoms with Gasteiger partial charge in [0.15, 0.2) is 5.01 Å². The lowest BCUT2D eigenvalue weighted by Crippen LogP contribution is -2.44. The average molecular weight is 487 g/mol. The lowest BCUT2D eigenvalue weighted by molar-refractivity contribution is -0.144. The highest BCUT2D eigenvalue weighted by Crippen LogP contribution is 2.27. The molecule has 0 aliphatic rings. The van der Waals surface area contributed by atoms with Crippen molar-refractivity contribution in [2.75, 3.05) is 17.7 Å². The topological polar surface area (TPSA) is 109 Å². The number of amides is 3. The molecular formula is C23H23ClN4O4S. The van der Waals surface area contributed by atoms with Crippen LogP contribution in [0.1, 0.15) is 23.6 Å². The monoisotopic (exact) mass is 486 g/mol. The van der Waals surface area contributed by atoms with E-state index in [4.69, 9.17) is 16.3 Å². The molecule has 8 nitrogen and oxygen atoms in total. The molecule has 10 heteroatoms. The Bertz CT molecular complexity index is 1150. The summed E-state index contributed by atoms with van der Waals surface area (Å²) in [5.41, 5.74) is 2.01. The third-order valence-electron chi connectivity index (χ3n) is 4.62. The van der Waals surface area contributed by atoms with E-state index >= 15 is 0 Å². The molecule has 0 saturated heterocycles. The van der Waals surface area contributed by atoms with Crippen molar-refractivity contribution in [3.63, 3.8) is 0 Å². The lowest BCUT2D eigenvalue weighted by atomic mass is 10.0. The number of urea groups is 1. The van der Waals surface area contributed by atoms with Crippen LogP contribution >= 0.6 is 22.9 Å². The van der Waals surface area contributed by atoms with Gasteiger partial charge in [0.2, 0.25) is 0 Å². The highest BCUT2D eigenvalue weighted by Gasteiger charge is 2.26. The van der Waals surface area contributed by atoms with Crippen molar-refractivity contribution in [3.8, 4) is 10.4 Å². The molecule has 1 unspecified atom stereocenters. The largest absolute Gasteiger partial charge is 0.467 e. The van der Waals surface area contributed by atoms with Gasteiger partial charge in [0.25, 0.3) is 5.91 Å². The van der Waals surface area contributed by atoms with Crippen LogP contribution in [0.5, 0.6) is 0 Å². The molecule has 3 N–H and O–H groups in total. The summed E-state index contributed by atoms with van der Waals surface area (Å²) in [6, 6.07) is 12.8. The fraction of sp³-hybridized carbons (Fsp3) is 0.217. The molecule has 3 amide bonds. The molecule has 0 aliphatic heterocycles. The molecule has 3 rings (SSSR count). The fourth-order valence-electron chi connectivity index (χ4n) is 2.92. The van der Waals surface area contributed by atoms with Crippen LogP contribution in [0.3, 0.4) is 0 Å². The molecule has 2 aromatic carbocycles. The molecule has 0 bridgehead atoms. The summed E-state index contributed by atoms with van der Waals surface area (Å²) in [5, 5.41) is 8.90.